The Balaban J connectivity index is 1.58. The molecule has 0 saturated heterocycles. The third kappa shape index (κ3) is 5.14. The number of hydrogen-bond donors (Lipinski definition) is 2. The number of benzene rings is 3. The molecule has 0 aliphatic carbocycles. The molecule has 3 aromatic carbocycles. The van der Waals surface area contributed by atoms with Crippen molar-refractivity contribution in [1.82, 2.24) is 5.32 Å². The van der Waals surface area contributed by atoms with Crippen molar-refractivity contribution in [3.05, 3.63) is 95.6 Å². The summed E-state index contributed by atoms with van der Waals surface area (Å²) >= 11 is 0. The molecule has 2 N–H and O–H groups in total. The number of carbonyl (C=O) groups is 2. The van der Waals surface area contributed by atoms with Crippen LogP contribution in [0.2, 0.25) is 0 Å². The predicted molar refractivity (Wildman–Crippen MR) is 111 cm³/mol. The van der Waals surface area contributed by atoms with Crippen molar-refractivity contribution in [3.8, 4) is 0 Å². The van der Waals surface area contributed by atoms with Crippen LogP contribution in [0.25, 0.3) is 0 Å². The monoisotopic (exact) mass is 392 g/mol. The van der Waals surface area contributed by atoms with Gasteiger partial charge in [-0.25, -0.2) is 0 Å². The van der Waals surface area contributed by atoms with Gasteiger partial charge in [-0.15, -0.1) is 0 Å². The molecule has 0 fully saturated rings. The van der Waals surface area contributed by atoms with E-state index in [0.717, 1.165) is 5.56 Å². The normalized spacial score (nSPS) is 11.5. The third-order valence-electron chi connectivity index (χ3n) is 4.15. The van der Waals surface area contributed by atoms with E-state index in [1.165, 1.54) is 0 Å². The van der Waals surface area contributed by atoms with Gasteiger partial charge in [0.2, 0.25) is 0 Å². The van der Waals surface area contributed by atoms with Crippen LogP contribution in [0.5, 0.6) is 0 Å². The summed E-state index contributed by atoms with van der Waals surface area (Å²) in [5, 5.41) is 5.65. The highest BCUT2D eigenvalue weighted by atomic mass is 32.2. The van der Waals surface area contributed by atoms with Crippen LogP contribution in [0.4, 0.5) is 5.69 Å². The van der Waals surface area contributed by atoms with E-state index < -0.39 is 10.8 Å². The Morgan fingerprint density at radius 3 is 1.96 bits per heavy atom. The summed E-state index contributed by atoms with van der Waals surface area (Å²) in [6.45, 7) is 0.455. The van der Waals surface area contributed by atoms with Gasteiger partial charge in [-0.2, -0.15) is 0 Å². The van der Waals surface area contributed by atoms with E-state index in [1.54, 1.807) is 54.8 Å². The van der Waals surface area contributed by atoms with Crippen molar-refractivity contribution in [2.24, 2.45) is 0 Å². The van der Waals surface area contributed by atoms with Gasteiger partial charge in [0.05, 0.1) is 0 Å². The minimum Gasteiger partial charge on any atom is -0.348 e. The average Bonchev–Trinajstić information content (AvgIpc) is 2.73. The highest BCUT2D eigenvalue weighted by molar-refractivity contribution is 7.84. The Morgan fingerprint density at radius 2 is 1.36 bits per heavy atom. The van der Waals surface area contributed by atoms with Gasteiger partial charge in [-0.05, 0) is 54.1 Å². The first-order valence-electron chi connectivity index (χ1n) is 8.70. The maximum Gasteiger partial charge on any atom is 0.255 e. The minimum atomic E-state index is -1.08. The summed E-state index contributed by atoms with van der Waals surface area (Å²) in [5.74, 6) is -0.445. The fourth-order valence-electron chi connectivity index (χ4n) is 2.59. The summed E-state index contributed by atoms with van der Waals surface area (Å²) in [6.07, 6.45) is 1.59. The van der Waals surface area contributed by atoms with Crippen LogP contribution in [-0.4, -0.2) is 22.3 Å². The smallest absolute Gasteiger partial charge is 0.255 e. The maximum absolute atomic E-state index is 12.3. The number of nitrogens with one attached hydrogen (secondary N) is 2. The van der Waals surface area contributed by atoms with Crippen molar-refractivity contribution in [1.29, 1.82) is 0 Å². The molecule has 0 bridgehead atoms. The summed E-state index contributed by atoms with van der Waals surface area (Å²) < 4.78 is 11.4. The molecule has 0 spiro atoms. The first-order valence-corrected chi connectivity index (χ1v) is 10.3. The van der Waals surface area contributed by atoms with Crippen LogP contribution in [0, 0.1) is 0 Å². The lowest BCUT2D eigenvalue weighted by Crippen LogP contribution is -2.22. The molecule has 2 amide bonds. The zero-order chi connectivity index (χ0) is 19.9. The summed E-state index contributed by atoms with van der Waals surface area (Å²) in [4.78, 5) is 25.2. The summed E-state index contributed by atoms with van der Waals surface area (Å²) in [6, 6.07) is 23.0. The van der Waals surface area contributed by atoms with Crippen LogP contribution in [0.1, 0.15) is 26.3 Å². The zero-order valence-electron chi connectivity index (χ0n) is 15.3. The number of carbonyl (C=O) groups excluding carboxylic acids is 2. The largest absolute Gasteiger partial charge is 0.348 e. The van der Waals surface area contributed by atoms with E-state index in [-0.39, 0.29) is 11.8 Å². The molecular weight excluding hydrogens is 372 g/mol. The highest BCUT2D eigenvalue weighted by Gasteiger charge is 2.09. The van der Waals surface area contributed by atoms with Gasteiger partial charge in [0.1, 0.15) is 0 Å². The van der Waals surface area contributed by atoms with E-state index in [2.05, 4.69) is 10.6 Å². The second-order valence-corrected chi connectivity index (χ2v) is 7.56. The second-order valence-electron chi connectivity index (χ2n) is 6.18. The lowest BCUT2D eigenvalue weighted by atomic mass is 10.1. The second kappa shape index (κ2) is 9.10. The van der Waals surface area contributed by atoms with E-state index in [9.17, 15) is 13.8 Å². The Morgan fingerprint density at radius 1 is 0.786 bits per heavy atom. The Hall–Kier alpha value is -3.25. The molecule has 5 nitrogen and oxygen atoms in total. The van der Waals surface area contributed by atoms with Gasteiger partial charge in [0, 0.05) is 45.3 Å². The summed E-state index contributed by atoms with van der Waals surface area (Å²) in [7, 11) is -1.08. The summed E-state index contributed by atoms with van der Waals surface area (Å²) in [5.41, 5.74) is 2.60. The Labute approximate surface area is 166 Å². The van der Waals surface area contributed by atoms with E-state index in [0.29, 0.717) is 28.3 Å². The molecule has 0 aliphatic rings. The molecule has 3 aromatic rings. The number of amides is 2. The molecule has 0 saturated carbocycles. The quantitative estimate of drug-likeness (QED) is 0.673. The van der Waals surface area contributed by atoms with Gasteiger partial charge in [0.15, 0.2) is 0 Å². The van der Waals surface area contributed by atoms with Crippen LogP contribution in [0.15, 0.2) is 83.8 Å². The van der Waals surface area contributed by atoms with E-state index in [1.807, 2.05) is 30.3 Å². The van der Waals surface area contributed by atoms with Gasteiger partial charge in [-0.3, -0.25) is 13.8 Å². The van der Waals surface area contributed by atoms with Gasteiger partial charge in [0.25, 0.3) is 11.8 Å². The van der Waals surface area contributed by atoms with Crippen LogP contribution in [0.3, 0.4) is 0 Å². The van der Waals surface area contributed by atoms with Crippen LogP contribution in [-0.2, 0) is 17.3 Å². The molecule has 0 radical (unpaired) electrons. The zero-order valence-corrected chi connectivity index (χ0v) is 16.2. The molecule has 6 heteroatoms. The fraction of sp³-hybridized carbons (Fsp3) is 0.0909. The lowest BCUT2D eigenvalue weighted by Gasteiger charge is -2.08. The van der Waals surface area contributed by atoms with E-state index in [4.69, 9.17) is 0 Å². The van der Waals surface area contributed by atoms with Crippen molar-refractivity contribution in [2.75, 3.05) is 11.6 Å². The van der Waals surface area contributed by atoms with Crippen molar-refractivity contribution >= 4 is 28.3 Å². The Bertz CT molecular complexity index is 985. The number of hydrogen-bond acceptors (Lipinski definition) is 3. The van der Waals surface area contributed by atoms with Crippen molar-refractivity contribution in [2.45, 2.75) is 11.4 Å². The van der Waals surface area contributed by atoms with E-state index >= 15 is 0 Å². The molecule has 142 valence electrons. The Kier molecular flexibility index (Phi) is 6.34. The first kappa shape index (κ1) is 19.5. The molecule has 0 aromatic heterocycles. The molecule has 1 atom stereocenters. The third-order valence-corrected chi connectivity index (χ3v) is 5.09. The van der Waals surface area contributed by atoms with Gasteiger partial charge < -0.3 is 10.6 Å². The SMILES string of the molecule is CS(=O)c1ccc(C(=O)Nc2ccc(C(=O)NCc3ccccc3)cc2)cc1. The van der Waals surface area contributed by atoms with Crippen LogP contribution < -0.4 is 10.6 Å². The van der Waals surface area contributed by atoms with Crippen molar-refractivity contribution in [3.63, 3.8) is 0 Å². The average molecular weight is 392 g/mol. The lowest BCUT2D eigenvalue weighted by molar-refractivity contribution is 0.0950. The molecule has 0 aliphatic heterocycles. The topological polar surface area (TPSA) is 75.3 Å². The molecule has 1 unspecified atom stereocenters. The molecule has 3 rings (SSSR count). The minimum absolute atomic E-state index is 0.176. The molecule has 28 heavy (non-hydrogen) atoms. The van der Waals surface area contributed by atoms with Crippen LogP contribution >= 0.6 is 0 Å². The fourth-order valence-corrected chi connectivity index (χ4v) is 3.11. The molecular formula is C22H20N2O3S. The molecule has 0 heterocycles. The predicted octanol–water partition coefficient (Wildman–Crippen LogP) is 3.61. The maximum atomic E-state index is 12.3. The number of rotatable bonds is 6. The standard InChI is InChI=1S/C22H20N2O3S/c1-28(27)20-13-9-18(10-14-20)22(26)24-19-11-7-17(8-12-19)21(25)23-15-16-5-3-2-4-6-16/h2-14H,15H2,1H3,(H,23,25)(H,24,26). The van der Waals surface area contributed by atoms with Gasteiger partial charge in [-0.1, -0.05) is 30.3 Å². The van der Waals surface area contributed by atoms with Crippen molar-refractivity contribution < 1.29 is 13.8 Å². The van der Waals surface area contributed by atoms with Gasteiger partial charge >= 0.3 is 0 Å². The first-order chi connectivity index (χ1) is 13.5. The highest BCUT2D eigenvalue weighted by Crippen LogP contribution is 2.13. The number of anilines is 1.